The van der Waals surface area contributed by atoms with Gasteiger partial charge >= 0.3 is 0 Å². The summed E-state index contributed by atoms with van der Waals surface area (Å²) in [6.45, 7) is -0.448. The molecule has 0 saturated heterocycles. The summed E-state index contributed by atoms with van der Waals surface area (Å²) < 4.78 is 12.4. The first-order valence-corrected chi connectivity index (χ1v) is 35.8. The molecule has 6 heterocycles. The minimum absolute atomic E-state index is 0.223. The molecule has 15 aromatic carbocycles. The average molecular weight is 1310 g/mol. The molecular formula is C90H57B2N5OS2. The summed E-state index contributed by atoms with van der Waals surface area (Å²) in [5.41, 5.74) is 25.7. The third kappa shape index (κ3) is 8.64. The molecule has 0 amide bonds. The molecule has 0 N–H and O–H groups in total. The number of para-hydroxylation sites is 7. The molecule has 0 spiro atoms. The van der Waals surface area contributed by atoms with Crippen molar-refractivity contribution in [3.05, 3.63) is 346 Å². The van der Waals surface area contributed by atoms with Gasteiger partial charge in [-0.05, 0) is 160 Å². The van der Waals surface area contributed by atoms with Crippen molar-refractivity contribution in [2.45, 2.75) is 0 Å². The van der Waals surface area contributed by atoms with Gasteiger partial charge < -0.3 is 29.2 Å². The van der Waals surface area contributed by atoms with Crippen LogP contribution in [0.3, 0.4) is 0 Å². The van der Waals surface area contributed by atoms with Crippen LogP contribution in [0, 0.1) is 0 Å². The molecular weight excluding hydrogens is 1250 g/mol. The Morgan fingerprint density at radius 2 is 0.780 bits per heavy atom. The van der Waals surface area contributed by atoms with Crippen LogP contribution in [0.2, 0.25) is 0 Å². The van der Waals surface area contributed by atoms with Crippen molar-refractivity contribution in [2.75, 3.05) is 24.5 Å². The van der Waals surface area contributed by atoms with E-state index in [1.807, 2.05) is 22.7 Å². The summed E-state index contributed by atoms with van der Waals surface area (Å²) in [6.07, 6.45) is 0. The molecule has 0 saturated carbocycles. The fourth-order valence-electron chi connectivity index (χ4n) is 16.7. The second-order valence-electron chi connectivity index (χ2n) is 26.2. The number of ether oxygens (including phenoxy) is 1. The van der Waals surface area contributed by atoms with E-state index in [0.717, 1.165) is 119 Å². The molecule has 21 rings (SSSR count). The average Bonchev–Trinajstić information content (AvgIpc) is 0.713. The topological polar surface area (TPSA) is 25.4 Å². The van der Waals surface area contributed by atoms with E-state index in [0.29, 0.717) is 0 Å². The number of nitrogens with zero attached hydrogens (tertiary/aromatic N) is 5. The minimum atomic E-state index is -0.225. The molecule has 0 fully saturated rings. The molecule has 0 atom stereocenters. The summed E-state index contributed by atoms with van der Waals surface area (Å²) in [5.74, 6) is 1.69. The van der Waals surface area contributed by atoms with Crippen LogP contribution in [0.4, 0.5) is 85.3 Å². The molecule has 0 unspecified atom stereocenters. The highest BCUT2D eigenvalue weighted by Crippen LogP contribution is 2.55. The van der Waals surface area contributed by atoms with Crippen molar-refractivity contribution >= 4 is 195 Å². The summed E-state index contributed by atoms with van der Waals surface area (Å²) in [5, 5.41) is 4.96. The summed E-state index contributed by atoms with van der Waals surface area (Å²) in [6, 6.07) is 128. The van der Waals surface area contributed by atoms with E-state index in [9.17, 15) is 0 Å². The molecule has 100 heavy (non-hydrogen) atoms. The van der Waals surface area contributed by atoms with E-state index in [1.54, 1.807) is 0 Å². The number of fused-ring (bicyclic) bond motifs is 14. The van der Waals surface area contributed by atoms with E-state index in [-0.39, 0.29) is 13.4 Å². The Morgan fingerprint density at radius 1 is 0.280 bits per heavy atom. The van der Waals surface area contributed by atoms with Crippen molar-refractivity contribution in [1.82, 2.24) is 0 Å². The van der Waals surface area contributed by atoms with Gasteiger partial charge in [-0.15, -0.1) is 22.7 Å². The molecule has 0 radical (unpaired) electrons. The highest BCUT2D eigenvalue weighted by atomic mass is 32.1. The molecule has 10 heteroatoms. The van der Waals surface area contributed by atoms with Gasteiger partial charge in [0.2, 0.25) is 0 Å². The first kappa shape index (κ1) is 56.8. The molecule has 466 valence electrons. The second kappa shape index (κ2) is 22.6. The predicted octanol–water partition coefficient (Wildman–Crippen LogP) is 21.5. The van der Waals surface area contributed by atoms with Crippen LogP contribution in [0.25, 0.3) is 51.5 Å². The maximum Gasteiger partial charge on any atom is 0.256 e. The Kier molecular flexibility index (Phi) is 12.9. The van der Waals surface area contributed by atoms with Crippen LogP contribution in [0.5, 0.6) is 11.5 Å². The maximum absolute atomic E-state index is 7.44. The number of benzene rings is 15. The van der Waals surface area contributed by atoms with Crippen molar-refractivity contribution in [3.8, 4) is 22.6 Å². The summed E-state index contributed by atoms with van der Waals surface area (Å²) >= 11 is 3.74. The Hall–Kier alpha value is -12.3. The molecule has 4 aliphatic heterocycles. The SMILES string of the molecule is c1ccc(-c2ccccc2N(c2ccccc2)c2cc3c4c(c2)N(c2cccc5c2sc2ccccc25)c2ccccc2B4c2cc4c(cc2N3c2ccccc2)N(c2cccc3sc5ccccc5c23)c2cc(N(c3ccccc3)c3ccccc3)cc3c2B4c2ccccc2O3)cc1. The van der Waals surface area contributed by atoms with Crippen LogP contribution in [0.1, 0.15) is 0 Å². The standard InChI is InChI=1S/C90H57B2N5OS2/c1-6-28-58(29-7-1)65-38-16-21-44-73(65)94(61-34-12-4-13-35-61)63-52-79-88-80(53-63)96(76-47-26-41-67-66-39-17-24-49-84(66)100-90(67)76)74-45-22-19-42-69(74)91(88)71-56-72-78(57-77(71)95(79)62-36-14-5-15-37-62)97(75-46-27-51-86-87(75)68-40-18-25-50-85(68)99-86)81-54-64(55-83-89(81)92(72)70-43-20-23-48-82(70)98-83)93(59-30-8-2-9-31-59)60-32-10-3-11-33-60/h1-57H. The fraction of sp³-hybridized carbons (Fsp3) is 0. The van der Waals surface area contributed by atoms with Gasteiger partial charge in [-0.3, -0.25) is 0 Å². The van der Waals surface area contributed by atoms with Crippen LogP contribution in [-0.4, -0.2) is 13.4 Å². The lowest BCUT2D eigenvalue weighted by Crippen LogP contribution is -2.64. The molecule has 2 aromatic heterocycles. The lowest BCUT2D eigenvalue weighted by Gasteiger charge is -2.47. The zero-order valence-corrected chi connectivity index (χ0v) is 55.7. The molecule has 6 nitrogen and oxygen atoms in total. The van der Waals surface area contributed by atoms with Gasteiger partial charge in [0.1, 0.15) is 11.5 Å². The van der Waals surface area contributed by atoms with E-state index < -0.39 is 0 Å². The largest absolute Gasteiger partial charge is 0.458 e. The van der Waals surface area contributed by atoms with Gasteiger partial charge in [0.05, 0.1) is 33.1 Å². The van der Waals surface area contributed by atoms with Gasteiger partial charge in [-0.1, -0.05) is 218 Å². The summed E-state index contributed by atoms with van der Waals surface area (Å²) in [7, 11) is 0. The first-order chi connectivity index (χ1) is 49.6. The van der Waals surface area contributed by atoms with Crippen molar-refractivity contribution < 1.29 is 4.74 Å². The first-order valence-electron chi connectivity index (χ1n) is 34.2. The second-order valence-corrected chi connectivity index (χ2v) is 28.3. The number of thiophene rings is 2. The Balaban J connectivity index is 0.896. The van der Waals surface area contributed by atoms with Gasteiger partial charge in [0.25, 0.3) is 13.4 Å². The fourth-order valence-corrected chi connectivity index (χ4v) is 19.1. The van der Waals surface area contributed by atoms with E-state index in [4.69, 9.17) is 4.74 Å². The number of rotatable bonds is 10. The number of hydrogen-bond acceptors (Lipinski definition) is 8. The normalized spacial score (nSPS) is 13.0. The smallest absolute Gasteiger partial charge is 0.256 e. The lowest BCUT2D eigenvalue weighted by atomic mass is 9.30. The monoisotopic (exact) mass is 1310 g/mol. The zero-order chi connectivity index (χ0) is 65.5. The third-order valence-corrected chi connectivity index (χ3v) is 23.1. The Bertz CT molecular complexity index is 6110. The third-order valence-electron chi connectivity index (χ3n) is 20.8. The van der Waals surface area contributed by atoms with Gasteiger partial charge in [0.15, 0.2) is 0 Å². The Labute approximate surface area is 588 Å². The van der Waals surface area contributed by atoms with Crippen LogP contribution >= 0.6 is 22.7 Å². The Morgan fingerprint density at radius 3 is 1.52 bits per heavy atom. The van der Waals surface area contributed by atoms with Crippen molar-refractivity contribution in [3.63, 3.8) is 0 Å². The molecule has 17 aromatic rings. The van der Waals surface area contributed by atoms with Crippen molar-refractivity contribution in [2.24, 2.45) is 0 Å². The predicted molar refractivity (Wildman–Crippen MR) is 427 cm³/mol. The zero-order valence-electron chi connectivity index (χ0n) is 54.0. The van der Waals surface area contributed by atoms with Crippen molar-refractivity contribution in [1.29, 1.82) is 0 Å². The summed E-state index contributed by atoms with van der Waals surface area (Å²) in [4.78, 5) is 12.7. The molecule has 4 aliphatic rings. The maximum atomic E-state index is 7.44. The highest BCUT2D eigenvalue weighted by Gasteiger charge is 2.49. The van der Waals surface area contributed by atoms with E-state index in [1.165, 1.54) is 62.2 Å². The number of hydrogen-bond donors (Lipinski definition) is 0. The van der Waals surface area contributed by atoms with Crippen LogP contribution in [-0.2, 0) is 0 Å². The highest BCUT2D eigenvalue weighted by molar-refractivity contribution is 7.26. The quantitative estimate of drug-likeness (QED) is 0.127. The van der Waals surface area contributed by atoms with Crippen LogP contribution in [0.15, 0.2) is 346 Å². The van der Waals surface area contributed by atoms with Gasteiger partial charge in [-0.2, -0.15) is 0 Å². The lowest BCUT2D eigenvalue weighted by molar-refractivity contribution is 0.487. The molecule has 0 aliphatic carbocycles. The molecule has 0 bridgehead atoms. The minimum Gasteiger partial charge on any atom is -0.458 e. The van der Waals surface area contributed by atoms with Crippen LogP contribution < -0.4 is 62.0 Å². The van der Waals surface area contributed by atoms with E-state index in [2.05, 4.69) is 370 Å². The number of anilines is 15. The van der Waals surface area contributed by atoms with Gasteiger partial charge in [0, 0.05) is 104 Å². The van der Waals surface area contributed by atoms with E-state index >= 15 is 0 Å². The van der Waals surface area contributed by atoms with Gasteiger partial charge in [-0.25, -0.2) is 0 Å².